The average molecular weight is 374 g/mol. The molecular formula is C21H20N5O2+. The Hall–Kier alpha value is -3.19. The number of fused-ring (bicyclic) bond motifs is 2. The van der Waals surface area contributed by atoms with Gasteiger partial charge in [0.25, 0.3) is 11.7 Å². The summed E-state index contributed by atoms with van der Waals surface area (Å²) in [6.07, 6.45) is 3.93. The molecule has 1 fully saturated rings. The lowest BCUT2D eigenvalue weighted by Gasteiger charge is -2.21. The standard InChI is InChI=1S/C21H20N5O2/c1-14(25-28-12-11-27)17-6-7-19-23-20(26(19)24-17)21(8-9-21)16-4-5-18-15(13-16)3-2-10-22-18/h2-7,10,13,27H,8-9,11-12H2,1H3/q+1/b25-14-. The number of benzene rings is 1. The lowest BCUT2D eigenvalue weighted by Crippen LogP contribution is -2.58. The van der Waals surface area contributed by atoms with Gasteiger partial charge in [0.05, 0.1) is 17.5 Å². The first-order valence-electron chi connectivity index (χ1n) is 9.37. The van der Waals surface area contributed by atoms with E-state index in [0.717, 1.165) is 41.1 Å². The van der Waals surface area contributed by atoms with Crippen LogP contribution in [0.5, 0.6) is 0 Å². The maximum Gasteiger partial charge on any atom is 0.290 e. The normalized spacial score (nSPS) is 16.9. The molecule has 2 aromatic heterocycles. The molecule has 0 atom stereocenters. The van der Waals surface area contributed by atoms with E-state index in [0.29, 0.717) is 5.71 Å². The first-order chi connectivity index (χ1) is 13.7. The first-order valence-corrected chi connectivity index (χ1v) is 9.37. The summed E-state index contributed by atoms with van der Waals surface area (Å²) in [7, 11) is 0. The van der Waals surface area contributed by atoms with Crippen LogP contribution in [0.1, 0.15) is 31.0 Å². The Bertz CT molecular complexity index is 1130. The van der Waals surface area contributed by atoms with Gasteiger partial charge in [-0.3, -0.25) is 4.98 Å². The lowest BCUT2D eigenvalue weighted by molar-refractivity contribution is -0.627. The van der Waals surface area contributed by atoms with Crippen LogP contribution < -0.4 is 4.68 Å². The summed E-state index contributed by atoms with van der Waals surface area (Å²) in [5, 5.41) is 18.7. The predicted molar refractivity (Wildman–Crippen MR) is 105 cm³/mol. The van der Waals surface area contributed by atoms with Gasteiger partial charge in [0.2, 0.25) is 0 Å². The minimum Gasteiger partial charge on any atom is -0.393 e. The molecule has 0 amide bonds. The number of aliphatic hydroxyl groups excluding tert-OH is 1. The van der Waals surface area contributed by atoms with Crippen molar-refractivity contribution in [2.75, 3.05) is 13.2 Å². The third-order valence-corrected chi connectivity index (χ3v) is 5.32. The molecule has 1 aromatic carbocycles. The minimum absolute atomic E-state index is 0.0657. The van der Waals surface area contributed by atoms with Crippen LogP contribution in [0.2, 0.25) is 0 Å². The molecule has 5 rings (SSSR count). The molecule has 2 aliphatic rings. The van der Waals surface area contributed by atoms with Crippen molar-refractivity contribution in [3.8, 4) is 0 Å². The van der Waals surface area contributed by atoms with Crippen molar-refractivity contribution in [2.24, 2.45) is 10.1 Å². The Morgan fingerprint density at radius 3 is 2.96 bits per heavy atom. The highest BCUT2D eigenvalue weighted by Gasteiger charge is 2.57. The molecule has 1 aliphatic carbocycles. The monoisotopic (exact) mass is 374 g/mol. The largest absolute Gasteiger partial charge is 0.393 e. The van der Waals surface area contributed by atoms with Crippen molar-refractivity contribution in [3.63, 3.8) is 0 Å². The van der Waals surface area contributed by atoms with Crippen molar-refractivity contribution in [2.45, 2.75) is 25.2 Å². The van der Waals surface area contributed by atoms with Crippen LogP contribution in [0.3, 0.4) is 0 Å². The Balaban J connectivity index is 1.46. The van der Waals surface area contributed by atoms with E-state index in [2.05, 4.69) is 34.4 Å². The molecule has 140 valence electrons. The van der Waals surface area contributed by atoms with Gasteiger partial charge in [-0.2, -0.15) is 0 Å². The highest BCUT2D eigenvalue weighted by atomic mass is 16.6. The number of aliphatic imine (C=N–C) groups is 1. The Labute approximate surface area is 162 Å². The van der Waals surface area contributed by atoms with E-state index in [1.807, 2.05) is 36.0 Å². The fraction of sp³-hybridized carbons (Fsp3) is 0.286. The van der Waals surface area contributed by atoms with Crippen LogP contribution in [0.4, 0.5) is 5.82 Å². The van der Waals surface area contributed by atoms with E-state index in [1.165, 1.54) is 5.56 Å². The first kappa shape index (κ1) is 16.9. The van der Waals surface area contributed by atoms with Crippen LogP contribution in [0.25, 0.3) is 10.9 Å². The number of oxime groups is 1. The van der Waals surface area contributed by atoms with Crippen LogP contribution in [-0.4, -0.2) is 40.0 Å². The van der Waals surface area contributed by atoms with Gasteiger partial charge in [-0.25, -0.2) is 0 Å². The number of pyridine rings is 1. The Morgan fingerprint density at radius 2 is 2.14 bits per heavy atom. The van der Waals surface area contributed by atoms with E-state index >= 15 is 0 Å². The number of hydrogen-bond acceptors (Lipinski definition) is 6. The molecule has 7 heteroatoms. The molecule has 7 nitrogen and oxygen atoms in total. The molecular weight excluding hydrogens is 354 g/mol. The molecule has 0 radical (unpaired) electrons. The predicted octanol–water partition coefficient (Wildman–Crippen LogP) is 2.27. The summed E-state index contributed by atoms with van der Waals surface area (Å²) in [6, 6.07) is 14.3. The van der Waals surface area contributed by atoms with Gasteiger partial charge in [-0.15, -0.1) is 9.78 Å². The number of nitrogens with zero attached hydrogens (tertiary/aromatic N) is 5. The second-order valence-corrected chi connectivity index (χ2v) is 7.15. The lowest BCUT2D eigenvalue weighted by atomic mass is 9.92. The van der Waals surface area contributed by atoms with Crippen LogP contribution in [0.15, 0.2) is 58.8 Å². The second kappa shape index (κ2) is 6.45. The van der Waals surface area contributed by atoms with E-state index in [1.54, 1.807) is 0 Å². The van der Waals surface area contributed by atoms with E-state index < -0.39 is 0 Å². The molecule has 0 unspecified atom stereocenters. The fourth-order valence-electron chi connectivity index (χ4n) is 3.64. The SMILES string of the molecule is C/C(=N/OCCO)c1ccc2[n+](n1)C(C1(c3ccc4ncccc4c3)CC1)=N2. The molecule has 3 heterocycles. The van der Waals surface area contributed by atoms with Crippen molar-refractivity contribution in [1.29, 1.82) is 0 Å². The number of aromatic nitrogens is 3. The van der Waals surface area contributed by atoms with Crippen LogP contribution >= 0.6 is 0 Å². The van der Waals surface area contributed by atoms with Crippen molar-refractivity contribution < 1.29 is 14.6 Å². The van der Waals surface area contributed by atoms with Gasteiger partial charge < -0.3 is 9.94 Å². The van der Waals surface area contributed by atoms with Gasteiger partial charge in [-0.05, 0) is 49.6 Å². The van der Waals surface area contributed by atoms with Crippen molar-refractivity contribution in [3.05, 3.63) is 59.9 Å². The number of hydrogen-bond donors (Lipinski definition) is 1. The molecule has 28 heavy (non-hydrogen) atoms. The summed E-state index contributed by atoms with van der Waals surface area (Å²) >= 11 is 0. The summed E-state index contributed by atoms with van der Waals surface area (Å²) in [5.74, 6) is 1.83. The number of aliphatic hydroxyl groups is 1. The van der Waals surface area contributed by atoms with Crippen molar-refractivity contribution >= 4 is 28.3 Å². The highest BCUT2D eigenvalue weighted by molar-refractivity contribution is 5.98. The molecule has 3 aromatic rings. The summed E-state index contributed by atoms with van der Waals surface area (Å²) in [4.78, 5) is 14.2. The summed E-state index contributed by atoms with van der Waals surface area (Å²) in [5.41, 5.74) is 3.57. The molecule has 1 saturated carbocycles. The maximum atomic E-state index is 8.81. The smallest absolute Gasteiger partial charge is 0.290 e. The highest BCUT2D eigenvalue weighted by Crippen LogP contribution is 2.51. The van der Waals surface area contributed by atoms with Gasteiger partial charge in [-0.1, -0.05) is 22.3 Å². The topological polar surface area (TPSA) is 83.8 Å². The zero-order valence-electron chi connectivity index (χ0n) is 15.5. The van der Waals surface area contributed by atoms with E-state index in [4.69, 9.17) is 20.0 Å². The van der Waals surface area contributed by atoms with E-state index in [-0.39, 0.29) is 18.6 Å². The maximum absolute atomic E-state index is 8.81. The number of rotatable bonds is 6. The van der Waals surface area contributed by atoms with E-state index in [9.17, 15) is 0 Å². The molecule has 1 aliphatic heterocycles. The van der Waals surface area contributed by atoms with Crippen molar-refractivity contribution in [1.82, 2.24) is 10.1 Å². The van der Waals surface area contributed by atoms with Gasteiger partial charge >= 0.3 is 0 Å². The molecule has 0 bridgehead atoms. The zero-order valence-corrected chi connectivity index (χ0v) is 15.5. The van der Waals surface area contributed by atoms with Gasteiger partial charge in [0, 0.05) is 17.6 Å². The average Bonchev–Trinajstić information content (AvgIpc) is 3.50. The zero-order chi connectivity index (χ0) is 19.1. The summed E-state index contributed by atoms with van der Waals surface area (Å²) < 4.78 is 1.92. The third kappa shape index (κ3) is 2.66. The van der Waals surface area contributed by atoms with Crippen LogP contribution in [-0.2, 0) is 10.3 Å². The second-order valence-electron chi connectivity index (χ2n) is 7.15. The molecule has 0 saturated heterocycles. The Morgan fingerprint density at radius 1 is 1.25 bits per heavy atom. The van der Waals surface area contributed by atoms with Gasteiger partial charge in [0.15, 0.2) is 0 Å². The Kier molecular flexibility index (Phi) is 3.91. The third-order valence-electron chi connectivity index (χ3n) is 5.32. The summed E-state index contributed by atoms with van der Waals surface area (Å²) in [6.45, 7) is 1.94. The van der Waals surface area contributed by atoms with Gasteiger partial charge in [0.1, 0.15) is 18.0 Å². The molecule has 1 N–H and O–H groups in total. The minimum atomic E-state index is -0.0776. The van der Waals surface area contributed by atoms with Crippen LogP contribution in [0, 0.1) is 0 Å². The quantitative estimate of drug-likeness (QED) is 0.310. The molecule has 0 spiro atoms. The fourth-order valence-corrected chi connectivity index (χ4v) is 3.64.